The third-order valence-corrected chi connectivity index (χ3v) is 4.81. The van der Waals surface area contributed by atoms with Gasteiger partial charge in [-0.25, -0.2) is 0 Å². The highest BCUT2D eigenvalue weighted by Gasteiger charge is 2.38. The van der Waals surface area contributed by atoms with Crippen LogP contribution >= 0.6 is 0 Å². The van der Waals surface area contributed by atoms with Crippen molar-refractivity contribution in [3.8, 4) is 5.75 Å². The van der Waals surface area contributed by atoms with Crippen molar-refractivity contribution >= 4 is 17.5 Å². The fourth-order valence-corrected chi connectivity index (χ4v) is 3.55. The number of hydrogen-bond acceptors (Lipinski definition) is 3. The summed E-state index contributed by atoms with van der Waals surface area (Å²) < 4.78 is 5.22. The molecule has 23 heavy (non-hydrogen) atoms. The number of carbonyl (C=O) groups excluding carboxylic acids is 2. The molecule has 5 heteroatoms. The first-order valence-electron chi connectivity index (χ1n) is 8.31. The van der Waals surface area contributed by atoms with Gasteiger partial charge in [0.05, 0.1) is 13.0 Å². The van der Waals surface area contributed by atoms with Crippen LogP contribution in [-0.2, 0) is 9.59 Å². The molecule has 0 spiro atoms. The SMILES string of the molecule is COc1cccc(N2CC(C(=O)N3CCCC(C)C3)CC2=O)c1. The van der Waals surface area contributed by atoms with Crippen LogP contribution in [0.4, 0.5) is 5.69 Å². The predicted octanol–water partition coefficient (Wildman–Crippen LogP) is 2.31. The van der Waals surface area contributed by atoms with E-state index in [0.29, 0.717) is 18.9 Å². The molecule has 2 atom stereocenters. The first kappa shape index (κ1) is 15.8. The molecular weight excluding hydrogens is 292 g/mol. The minimum absolute atomic E-state index is 0.0154. The number of anilines is 1. The minimum Gasteiger partial charge on any atom is -0.497 e. The zero-order chi connectivity index (χ0) is 16.4. The summed E-state index contributed by atoms with van der Waals surface area (Å²) >= 11 is 0. The molecule has 2 heterocycles. The highest BCUT2D eigenvalue weighted by atomic mass is 16.5. The third kappa shape index (κ3) is 3.33. The summed E-state index contributed by atoms with van der Waals surface area (Å²) in [5.74, 6) is 1.20. The molecule has 3 rings (SSSR count). The van der Waals surface area contributed by atoms with Gasteiger partial charge < -0.3 is 14.5 Å². The Balaban J connectivity index is 1.70. The lowest BCUT2D eigenvalue weighted by Crippen LogP contribution is -2.43. The van der Waals surface area contributed by atoms with E-state index in [-0.39, 0.29) is 17.7 Å². The van der Waals surface area contributed by atoms with Crippen LogP contribution in [0.1, 0.15) is 26.2 Å². The van der Waals surface area contributed by atoms with Gasteiger partial charge in [0.1, 0.15) is 5.75 Å². The monoisotopic (exact) mass is 316 g/mol. The molecule has 2 aliphatic heterocycles. The first-order chi connectivity index (χ1) is 11.1. The molecule has 0 saturated carbocycles. The number of benzene rings is 1. The number of ether oxygens (including phenoxy) is 1. The van der Waals surface area contributed by atoms with E-state index in [1.807, 2.05) is 29.2 Å². The maximum Gasteiger partial charge on any atom is 0.228 e. The van der Waals surface area contributed by atoms with Crippen LogP contribution < -0.4 is 9.64 Å². The Hall–Kier alpha value is -2.04. The van der Waals surface area contributed by atoms with Crippen molar-refractivity contribution in [2.24, 2.45) is 11.8 Å². The number of rotatable bonds is 3. The molecule has 124 valence electrons. The minimum atomic E-state index is -0.223. The van der Waals surface area contributed by atoms with Crippen molar-refractivity contribution in [1.29, 1.82) is 0 Å². The average molecular weight is 316 g/mol. The molecule has 1 aromatic rings. The summed E-state index contributed by atoms with van der Waals surface area (Å²) in [6.45, 7) is 4.30. The van der Waals surface area contributed by atoms with Crippen molar-refractivity contribution < 1.29 is 14.3 Å². The normalized spacial score (nSPS) is 24.9. The fourth-order valence-electron chi connectivity index (χ4n) is 3.55. The first-order valence-corrected chi connectivity index (χ1v) is 8.31. The summed E-state index contributed by atoms with van der Waals surface area (Å²) in [4.78, 5) is 28.7. The molecular formula is C18H24N2O3. The van der Waals surface area contributed by atoms with Crippen LogP contribution in [0, 0.1) is 11.8 Å². The zero-order valence-electron chi connectivity index (χ0n) is 13.8. The van der Waals surface area contributed by atoms with Gasteiger partial charge in [-0.1, -0.05) is 13.0 Å². The molecule has 2 fully saturated rings. The van der Waals surface area contributed by atoms with Crippen LogP contribution in [0.25, 0.3) is 0 Å². The van der Waals surface area contributed by atoms with Gasteiger partial charge >= 0.3 is 0 Å². The topological polar surface area (TPSA) is 49.9 Å². The highest BCUT2D eigenvalue weighted by molar-refractivity contribution is 6.00. The van der Waals surface area contributed by atoms with Gasteiger partial charge in [0, 0.05) is 37.8 Å². The smallest absolute Gasteiger partial charge is 0.228 e. The van der Waals surface area contributed by atoms with Crippen LogP contribution in [0.5, 0.6) is 5.75 Å². The Bertz CT molecular complexity index is 602. The second-order valence-electron chi connectivity index (χ2n) is 6.64. The number of carbonyl (C=O) groups is 2. The van der Waals surface area contributed by atoms with Gasteiger partial charge in [0.25, 0.3) is 0 Å². The molecule has 1 aromatic carbocycles. The molecule has 0 radical (unpaired) electrons. The summed E-state index contributed by atoms with van der Waals surface area (Å²) in [5.41, 5.74) is 0.802. The number of nitrogens with zero attached hydrogens (tertiary/aromatic N) is 2. The highest BCUT2D eigenvalue weighted by Crippen LogP contribution is 2.29. The Labute approximate surface area is 137 Å². The largest absolute Gasteiger partial charge is 0.497 e. The maximum absolute atomic E-state index is 12.7. The molecule has 2 amide bonds. The van der Waals surface area contributed by atoms with E-state index in [1.165, 1.54) is 6.42 Å². The van der Waals surface area contributed by atoms with Crippen LogP contribution in [-0.4, -0.2) is 43.5 Å². The van der Waals surface area contributed by atoms with Crippen molar-refractivity contribution in [2.75, 3.05) is 31.6 Å². The van der Waals surface area contributed by atoms with E-state index >= 15 is 0 Å². The molecule has 2 aliphatic rings. The molecule has 5 nitrogen and oxygen atoms in total. The van der Waals surface area contributed by atoms with E-state index < -0.39 is 0 Å². The lowest BCUT2D eigenvalue weighted by Gasteiger charge is -2.32. The third-order valence-electron chi connectivity index (χ3n) is 4.81. The van der Waals surface area contributed by atoms with E-state index in [2.05, 4.69) is 6.92 Å². The van der Waals surface area contributed by atoms with Crippen molar-refractivity contribution in [3.63, 3.8) is 0 Å². The predicted molar refractivity (Wildman–Crippen MR) is 88.4 cm³/mol. The van der Waals surface area contributed by atoms with Gasteiger partial charge in [0.15, 0.2) is 0 Å². The Morgan fingerprint density at radius 1 is 1.30 bits per heavy atom. The zero-order valence-corrected chi connectivity index (χ0v) is 13.8. The second-order valence-corrected chi connectivity index (χ2v) is 6.64. The quantitative estimate of drug-likeness (QED) is 0.860. The van der Waals surface area contributed by atoms with Crippen LogP contribution in [0.15, 0.2) is 24.3 Å². The van der Waals surface area contributed by atoms with Gasteiger partial charge in [-0.05, 0) is 30.9 Å². The number of likely N-dealkylation sites (tertiary alicyclic amines) is 1. The van der Waals surface area contributed by atoms with Gasteiger partial charge in [-0.2, -0.15) is 0 Å². The standard InChI is InChI=1S/C18H24N2O3/c1-13-5-4-8-19(11-13)18(22)14-9-17(21)20(12-14)15-6-3-7-16(10-15)23-2/h3,6-7,10,13-14H,4-5,8-9,11-12H2,1-2H3. The van der Waals surface area contributed by atoms with Crippen molar-refractivity contribution in [3.05, 3.63) is 24.3 Å². The summed E-state index contributed by atoms with van der Waals surface area (Å²) in [5, 5.41) is 0. The van der Waals surface area contributed by atoms with Gasteiger partial charge in [-0.15, -0.1) is 0 Å². The van der Waals surface area contributed by atoms with Crippen LogP contribution in [0.2, 0.25) is 0 Å². The molecule has 0 aliphatic carbocycles. The van der Waals surface area contributed by atoms with E-state index in [1.54, 1.807) is 12.0 Å². The lowest BCUT2D eigenvalue weighted by atomic mass is 9.98. The molecule has 2 unspecified atom stereocenters. The Morgan fingerprint density at radius 2 is 2.13 bits per heavy atom. The van der Waals surface area contributed by atoms with Crippen molar-refractivity contribution in [1.82, 2.24) is 4.90 Å². The van der Waals surface area contributed by atoms with Gasteiger partial charge in [0.2, 0.25) is 11.8 Å². The van der Waals surface area contributed by atoms with Crippen molar-refractivity contribution in [2.45, 2.75) is 26.2 Å². The van der Waals surface area contributed by atoms with Gasteiger partial charge in [-0.3, -0.25) is 9.59 Å². The van der Waals surface area contributed by atoms with Crippen LogP contribution in [0.3, 0.4) is 0 Å². The molecule has 0 bridgehead atoms. The number of hydrogen-bond donors (Lipinski definition) is 0. The van der Waals surface area contributed by atoms with E-state index in [9.17, 15) is 9.59 Å². The van der Waals surface area contributed by atoms with E-state index in [0.717, 1.165) is 30.9 Å². The number of piperidine rings is 1. The summed E-state index contributed by atoms with van der Waals surface area (Å²) in [7, 11) is 1.61. The van der Waals surface area contributed by atoms with E-state index in [4.69, 9.17) is 4.74 Å². The average Bonchev–Trinajstić information content (AvgIpc) is 2.96. The number of methoxy groups -OCH3 is 1. The second kappa shape index (κ2) is 6.60. The lowest BCUT2D eigenvalue weighted by molar-refractivity contribution is -0.137. The Kier molecular flexibility index (Phi) is 4.55. The molecule has 0 aromatic heterocycles. The summed E-state index contributed by atoms with van der Waals surface area (Å²) in [6, 6.07) is 7.44. The summed E-state index contributed by atoms with van der Waals surface area (Å²) in [6.07, 6.45) is 2.55. The maximum atomic E-state index is 12.7. The Morgan fingerprint density at radius 3 is 2.87 bits per heavy atom. The number of amides is 2. The fraction of sp³-hybridized carbons (Fsp3) is 0.556. The molecule has 2 saturated heterocycles. The molecule has 0 N–H and O–H groups in total.